The van der Waals surface area contributed by atoms with Gasteiger partial charge in [0, 0.05) is 25.6 Å². The molecule has 1 N–H and O–H groups in total. The molecule has 0 aliphatic carbocycles. The van der Waals surface area contributed by atoms with Crippen molar-refractivity contribution in [2.24, 2.45) is 7.05 Å². The van der Waals surface area contributed by atoms with Crippen molar-refractivity contribution in [1.82, 2.24) is 24.7 Å². The number of nitrogens with one attached hydrogen (secondary N) is 1. The molecule has 7 heteroatoms. The molecule has 0 saturated heterocycles. The minimum atomic E-state index is 0.813. The van der Waals surface area contributed by atoms with Crippen LogP contribution in [0.1, 0.15) is 31.7 Å². The van der Waals surface area contributed by atoms with Crippen molar-refractivity contribution in [2.45, 2.75) is 43.8 Å². The van der Waals surface area contributed by atoms with Gasteiger partial charge in [0.15, 0.2) is 5.16 Å². The van der Waals surface area contributed by atoms with E-state index in [1.165, 1.54) is 11.8 Å². The number of hydrogen-bond acceptors (Lipinski definition) is 6. The maximum Gasteiger partial charge on any atom is 0.192 e. The molecule has 2 rings (SSSR count). The van der Waals surface area contributed by atoms with E-state index in [0.717, 1.165) is 46.8 Å². The van der Waals surface area contributed by atoms with Gasteiger partial charge in [0.25, 0.3) is 0 Å². The minimum absolute atomic E-state index is 0.813. The van der Waals surface area contributed by atoms with Gasteiger partial charge < -0.3 is 5.32 Å². The van der Waals surface area contributed by atoms with Gasteiger partial charge in [-0.15, -0.1) is 0 Å². The highest BCUT2D eigenvalue weighted by atomic mass is 32.2. The summed E-state index contributed by atoms with van der Waals surface area (Å²) < 4.78 is 1.75. The molecule has 0 radical (unpaired) electrons. The Labute approximate surface area is 123 Å². The molecule has 108 valence electrons. The molecule has 2 aromatic rings. The second-order valence-electron chi connectivity index (χ2n) is 4.47. The zero-order chi connectivity index (χ0) is 14.5. The predicted octanol–water partition coefficient (Wildman–Crippen LogP) is 2.45. The molecule has 0 aliphatic rings. The summed E-state index contributed by atoms with van der Waals surface area (Å²) in [5.41, 5.74) is 1.06. The van der Waals surface area contributed by atoms with Crippen LogP contribution in [0.15, 0.2) is 16.5 Å². The summed E-state index contributed by atoms with van der Waals surface area (Å²) in [6.07, 6.45) is 3.43. The van der Waals surface area contributed by atoms with Crippen molar-refractivity contribution in [3.8, 4) is 0 Å². The van der Waals surface area contributed by atoms with E-state index in [-0.39, 0.29) is 0 Å². The highest BCUT2D eigenvalue weighted by Gasteiger charge is 2.13. The predicted molar refractivity (Wildman–Crippen MR) is 80.1 cm³/mol. The summed E-state index contributed by atoms with van der Waals surface area (Å²) in [6.45, 7) is 7.15. The Morgan fingerprint density at radius 2 is 2.10 bits per heavy atom. The third kappa shape index (κ3) is 3.27. The van der Waals surface area contributed by atoms with Gasteiger partial charge in [-0.2, -0.15) is 5.10 Å². The van der Waals surface area contributed by atoms with Gasteiger partial charge in [0.1, 0.15) is 23.0 Å². The van der Waals surface area contributed by atoms with E-state index in [0.29, 0.717) is 0 Å². The van der Waals surface area contributed by atoms with E-state index in [1.807, 2.05) is 14.0 Å². The fourth-order valence-electron chi connectivity index (χ4n) is 1.68. The molecule has 2 heterocycles. The van der Waals surface area contributed by atoms with E-state index in [9.17, 15) is 0 Å². The molecule has 0 spiro atoms. The van der Waals surface area contributed by atoms with Crippen molar-refractivity contribution in [1.29, 1.82) is 0 Å². The average Bonchev–Trinajstić information content (AvgIpc) is 2.85. The third-order valence-electron chi connectivity index (χ3n) is 2.86. The smallest absolute Gasteiger partial charge is 0.192 e. The van der Waals surface area contributed by atoms with Crippen LogP contribution in [0.5, 0.6) is 0 Å². The quantitative estimate of drug-likeness (QED) is 0.825. The van der Waals surface area contributed by atoms with Gasteiger partial charge in [-0.1, -0.05) is 13.8 Å². The first-order valence-electron chi connectivity index (χ1n) is 6.78. The highest BCUT2D eigenvalue weighted by Crippen LogP contribution is 2.29. The molecular formula is C13H20N6S. The fraction of sp³-hybridized carbons (Fsp3) is 0.538. The fourth-order valence-corrected chi connectivity index (χ4v) is 2.53. The maximum absolute atomic E-state index is 4.61. The van der Waals surface area contributed by atoms with Gasteiger partial charge in [-0.05, 0) is 25.1 Å². The van der Waals surface area contributed by atoms with Gasteiger partial charge in [0.2, 0.25) is 0 Å². The zero-order valence-electron chi connectivity index (χ0n) is 12.3. The normalized spacial score (nSPS) is 10.8. The average molecular weight is 292 g/mol. The second-order valence-corrected chi connectivity index (χ2v) is 5.42. The Bertz CT molecular complexity index is 580. The first-order chi connectivity index (χ1) is 9.65. The molecule has 0 atom stereocenters. The van der Waals surface area contributed by atoms with Crippen LogP contribution in [-0.4, -0.2) is 31.3 Å². The van der Waals surface area contributed by atoms with Crippen LogP contribution >= 0.6 is 11.8 Å². The number of hydrogen-bond donors (Lipinski definition) is 1. The molecular weight excluding hydrogens is 272 g/mol. The van der Waals surface area contributed by atoms with Gasteiger partial charge in [-0.25, -0.2) is 19.6 Å². The van der Waals surface area contributed by atoms with E-state index < -0.39 is 0 Å². The van der Waals surface area contributed by atoms with Crippen molar-refractivity contribution < 1.29 is 0 Å². The lowest BCUT2D eigenvalue weighted by Gasteiger charge is -2.12. The molecule has 0 bridgehead atoms. The Morgan fingerprint density at radius 3 is 2.70 bits per heavy atom. The maximum atomic E-state index is 4.61. The molecule has 0 aromatic carbocycles. The molecule has 0 aliphatic heterocycles. The summed E-state index contributed by atoms with van der Waals surface area (Å²) >= 11 is 1.52. The van der Waals surface area contributed by atoms with Crippen LogP contribution in [0.4, 0.5) is 5.82 Å². The van der Waals surface area contributed by atoms with Crippen LogP contribution in [-0.2, 0) is 13.5 Å². The lowest BCUT2D eigenvalue weighted by Crippen LogP contribution is -2.08. The lowest BCUT2D eigenvalue weighted by molar-refractivity contribution is 0.684. The van der Waals surface area contributed by atoms with E-state index >= 15 is 0 Å². The van der Waals surface area contributed by atoms with Crippen LogP contribution in [0.25, 0.3) is 0 Å². The van der Waals surface area contributed by atoms with Crippen molar-refractivity contribution in [3.63, 3.8) is 0 Å². The Hall–Kier alpha value is -1.63. The monoisotopic (exact) mass is 292 g/mol. The van der Waals surface area contributed by atoms with Gasteiger partial charge >= 0.3 is 0 Å². The summed E-state index contributed by atoms with van der Waals surface area (Å²) in [5, 5.41) is 9.21. The summed E-state index contributed by atoms with van der Waals surface area (Å²) in [4.78, 5) is 13.4. The van der Waals surface area contributed by atoms with E-state index in [1.54, 1.807) is 11.0 Å². The number of rotatable bonds is 6. The number of aryl methyl sites for hydroxylation is 2. The van der Waals surface area contributed by atoms with Crippen LogP contribution < -0.4 is 5.32 Å². The van der Waals surface area contributed by atoms with Gasteiger partial charge in [0.05, 0.1) is 0 Å². The Balaban J connectivity index is 2.33. The van der Waals surface area contributed by atoms with Crippen LogP contribution in [0.3, 0.4) is 0 Å². The van der Waals surface area contributed by atoms with Crippen molar-refractivity contribution in [3.05, 3.63) is 17.7 Å². The van der Waals surface area contributed by atoms with Crippen molar-refractivity contribution in [2.75, 3.05) is 11.9 Å². The molecule has 20 heavy (non-hydrogen) atoms. The van der Waals surface area contributed by atoms with E-state index in [2.05, 4.69) is 39.2 Å². The molecule has 0 amide bonds. The lowest BCUT2D eigenvalue weighted by atomic mass is 10.3. The Morgan fingerprint density at radius 1 is 1.30 bits per heavy atom. The first kappa shape index (κ1) is 14.8. The molecule has 0 saturated carbocycles. The topological polar surface area (TPSA) is 68.5 Å². The van der Waals surface area contributed by atoms with Crippen LogP contribution in [0, 0.1) is 6.92 Å². The highest BCUT2D eigenvalue weighted by molar-refractivity contribution is 7.99. The summed E-state index contributed by atoms with van der Waals surface area (Å²) in [5.74, 6) is 1.77. The SMILES string of the molecule is CCCNc1nc(CC)nc(Sc2ncnn2C)c1C. The van der Waals surface area contributed by atoms with E-state index in [4.69, 9.17) is 0 Å². The molecule has 0 fully saturated rings. The summed E-state index contributed by atoms with van der Waals surface area (Å²) in [7, 11) is 1.88. The Kier molecular flexibility index (Phi) is 4.94. The number of nitrogens with zero attached hydrogens (tertiary/aromatic N) is 5. The summed E-state index contributed by atoms with van der Waals surface area (Å²) in [6, 6.07) is 0. The molecule has 6 nitrogen and oxygen atoms in total. The largest absolute Gasteiger partial charge is 0.370 e. The zero-order valence-corrected chi connectivity index (χ0v) is 13.2. The van der Waals surface area contributed by atoms with Gasteiger partial charge in [-0.3, -0.25) is 0 Å². The van der Waals surface area contributed by atoms with Crippen molar-refractivity contribution >= 4 is 17.6 Å². The number of aromatic nitrogens is 5. The second kappa shape index (κ2) is 6.69. The minimum Gasteiger partial charge on any atom is -0.370 e. The molecule has 0 unspecified atom stereocenters. The number of anilines is 1. The standard InChI is InChI=1S/C13H20N6S/c1-5-7-14-11-9(3)12(18-10(6-2)17-11)20-13-15-8-16-19(13)4/h8H,5-7H2,1-4H3,(H,14,17,18). The molecule has 2 aromatic heterocycles. The third-order valence-corrected chi connectivity index (χ3v) is 4.01. The van der Waals surface area contributed by atoms with Crippen LogP contribution in [0.2, 0.25) is 0 Å². The first-order valence-corrected chi connectivity index (χ1v) is 7.60.